The van der Waals surface area contributed by atoms with Gasteiger partial charge >= 0.3 is 0 Å². The second-order valence-corrected chi connectivity index (χ2v) is 1.16. The Hall–Kier alpha value is -0.411. The summed E-state index contributed by atoms with van der Waals surface area (Å²) in [6.07, 6.45) is 0. The molecule has 47 valence electrons. The summed E-state index contributed by atoms with van der Waals surface area (Å²) >= 11 is 0. The smallest absolute Gasteiger partial charge is 0.159 e. The first-order valence-electron chi connectivity index (χ1n) is 1.81. The molecule has 3 amide bonds. The predicted octanol–water partition coefficient (Wildman–Crippen LogP) is -0.393. The molecular weight excluding hydrogens is 288 g/mol. The maximum Gasteiger partial charge on any atom is 0.159 e. The number of hydrogen-bond acceptors (Lipinski definition) is 2. The third kappa shape index (κ3) is 1.60. The van der Waals surface area contributed by atoms with Crippen LogP contribution in [0.15, 0.2) is 0 Å². The number of nitrogens with zero attached hydrogens (tertiary/aromatic N) is 1. The third-order valence-corrected chi connectivity index (χ3v) is 0.617. The number of carbonyl (C=O) groups is 2. The Morgan fingerprint density at radius 3 is 2.25 bits per heavy atom. The topological polar surface area (TPSA) is 60.3 Å². The molecule has 1 saturated heterocycles. The Labute approximate surface area is 59.4 Å². The Morgan fingerprint density at radius 1 is 1.50 bits per heavy atom. The average Bonchev–Trinajstić information content (AvgIpc) is 1.87. The molecule has 1 fully saturated rings. The maximum atomic E-state index is 10.0. The molecular formula is C3H3IrN2O2-. The van der Waals surface area contributed by atoms with Gasteiger partial charge in [0.1, 0.15) is 5.91 Å². The number of imide groups is 1. The van der Waals surface area contributed by atoms with Gasteiger partial charge in [0.25, 0.3) is 0 Å². The molecule has 0 unspecified atom stereocenters. The second-order valence-electron chi connectivity index (χ2n) is 1.16. The number of urea groups is 1. The van der Waals surface area contributed by atoms with Gasteiger partial charge in [-0.2, -0.15) is 0 Å². The Kier molecular flexibility index (Phi) is 2.65. The van der Waals surface area contributed by atoms with Crippen LogP contribution in [0, 0.1) is 0 Å². The molecule has 0 aromatic carbocycles. The zero-order chi connectivity index (χ0) is 5.28. The fourth-order valence-electron chi connectivity index (χ4n) is 0.344. The van der Waals surface area contributed by atoms with Gasteiger partial charge in [-0.3, -0.25) is 9.59 Å². The van der Waals surface area contributed by atoms with Crippen LogP contribution in [0.25, 0.3) is 5.32 Å². The first-order valence-corrected chi connectivity index (χ1v) is 1.81. The fraction of sp³-hybridized carbons (Fsp3) is 0.333. The van der Waals surface area contributed by atoms with E-state index < -0.39 is 6.03 Å². The predicted molar refractivity (Wildman–Crippen MR) is 21.8 cm³/mol. The van der Waals surface area contributed by atoms with Crippen molar-refractivity contribution in [3.05, 3.63) is 5.32 Å². The van der Waals surface area contributed by atoms with E-state index in [-0.39, 0.29) is 32.6 Å². The van der Waals surface area contributed by atoms with Gasteiger partial charge in [0, 0.05) is 26.7 Å². The molecule has 0 saturated carbocycles. The van der Waals surface area contributed by atoms with Crippen LogP contribution in [-0.4, -0.2) is 18.5 Å². The maximum absolute atomic E-state index is 10.0. The summed E-state index contributed by atoms with van der Waals surface area (Å²) in [5, 5.41) is 5.21. The SMILES string of the molecule is O=C1CNC(=O)[N-]1.[Ir]. The summed E-state index contributed by atoms with van der Waals surface area (Å²) in [5.41, 5.74) is 0. The van der Waals surface area contributed by atoms with Crippen molar-refractivity contribution in [2.45, 2.75) is 0 Å². The molecule has 0 aliphatic carbocycles. The minimum atomic E-state index is -0.523. The van der Waals surface area contributed by atoms with Crippen LogP contribution in [0.1, 0.15) is 0 Å². The number of hydrogen-bond donors (Lipinski definition) is 1. The van der Waals surface area contributed by atoms with E-state index in [0.717, 1.165) is 0 Å². The van der Waals surface area contributed by atoms with Gasteiger partial charge in [-0.25, -0.2) is 0 Å². The summed E-state index contributed by atoms with van der Waals surface area (Å²) in [7, 11) is 0. The van der Waals surface area contributed by atoms with Crippen molar-refractivity contribution in [3.63, 3.8) is 0 Å². The molecule has 0 aromatic heterocycles. The molecule has 0 aromatic rings. The minimum absolute atomic E-state index is 0. The van der Waals surface area contributed by atoms with Crippen molar-refractivity contribution >= 4 is 11.9 Å². The first kappa shape index (κ1) is 7.59. The number of carbonyl (C=O) groups excluding carboxylic acids is 2. The van der Waals surface area contributed by atoms with Crippen LogP contribution in [0.2, 0.25) is 0 Å². The van der Waals surface area contributed by atoms with Gasteiger partial charge in [-0.15, -0.1) is 0 Å². The average molecular weight is 291 g/mol. The molecule has 1 heterocycles. The Morgan fingerprint density at radius 2 is 2.12 bits per heavy atom. The molecule has 5 heteroatoms. The first-order chi connectivity index (χ1) is 3.29. The molecule has 1 aliphatic rings. The number of amides is 3. The molecule has 0 atom stereocenters. The van der Waals surface area contributed by atoms with Gasteiger partial charge in [0.15, 0.2) is 6.03 Å². The molecule has 8 heavy (non-hydrogen) atoms. The zero-order valence-corrected chi connectivity index (χ0v) is 6.20. The second kappa shape index (κ2) is 2.79. The Balaban J connectivity index is 0.000000490. The van der Waals surface area contributed by atoms with Crippen molar-refractivity contribution in [1.29, 1.82) is 0 Å². The molecule has 1 radical (unpaired) electrons. The summed E-state index contributed by atoms with van der Waals surface area (Å²) in [6.45, 7) is 0.0683. The normalized spacial score (nSPS) is 16.5. The van der Waals surface area contributed by atoms with Crippen LogP contribution in [-0.2, 0) is 24.9 Å². The molecule has 1 aliphatic heterocycles. The fourth-order valence-corrected chi connectivity index (χ4v) is 0.344. The van der Waals surface area contributed by atoms with E-state index >= 15 is 0 Å². The van der Waals surface area contributed by atoms with E-state index in [4.69, 9.17) is 0 Å². The van der Waals surface area contributed by atoms with Crippen molar-refractivity contribution < 1.29 is 29.7 Å². The van der Waals surface area contributed by atoms with Gasteiger partial charge in [-0.05, 0) is 0 Å². The van der Waals surface area contributed by atoms with Crippen molar-refractivity contribution in [2.75, 3.05) is 6.54 Å². The van der Waals surface area contributed by atoms with E-state index in [1.54, 1.807) is 0 Å². The van der Waals surface area contributed by atoms with Gasteiger partial charge in [0.2, 0.25) is 0 Å². The standard InChI is InChI=1S/C3H4N2O2.Ir/c6-2-1-4-3(7)5-2;/h1H2,(H2,4,5,6,7);/p-1. The van der Waals surface area contributed by atoms with Crippen LogP contribution < -0.4 is 5.32 Å². The molecule has 4 nitrogen and oxygen atoms in total. The number of nitrogens with one attached hydrogen (secondary N) is 1. The van der Waals surface area contributed by atoms with Crippen molar-refractivity contribution in [1.82, 2.24) is 5.32 Å². The van der Waals surface area contributed by atoms with E-state index in [2.05, 4.69) is 10.6 Å². The quantitative estimate of drug-likeness (QED) is 0.618. The molecule has 1 N–H and O–H groups in total. The van der Waals surface area contributed by atoms with Crippen LogP contribution in [0.5, 0.6) is 0 Å². The minimum Gasteiger partial charge on any atom is -0.442 e. The van der Waals surface area contributed by atoms with E-state index in [1.165, 1.54) is 0 Å². The van der Waals surface area contributed by atoms with E-state index in [1.807, 2.05) is 0 Å². The van der Waals surface area contributed by atoms with Crippen LogP contribution >= 0.6 is 0 Å². The van der Waals surface area contributed by atoms with Gasteiger partial charge < -0.3 is 10.6 Å². The van der Waals surface area contributed by atoms with E-state index in [9.17, 15) is 9.59 Å². The van der Waals surface area contributed by atoms with Crippen molar-refractivity contribution in [2.24, 2.45) is 0 Å². The summed E-state index contributed by atoms with van der Waals surface area (Å²) < 4.78 is 0. The zero-order valence-electron chi connectivity index (χ0n) is 3.80. The Bertz CT molecular complexity index is 110. The summed E-state index contributed by atoms with van der Waals surface area (Å²) in [4.78, 5) is 20.0. The summed E-state index contributed by atoms with van der Waals surface area (Å²) in [5.74, 6) is -0.384. The van der Waals surface area contributed by atoms with Crippen LogP contribution in [0.3, 0.4) is 0 Å². The largest absolute Gasteiger partial charge is 0.442 e. The van der Waals surface area contributed by atoms with E-state index in [0.29, 0.717) is 0 Å². The summed E-state index contributed by atoms with van der Waals surface area (Å²) in [6, 6.07) is -0.523. The molecule has 0 bridgehead atoms. The number of rotatable bonds is 0. The van der Waals surface area contributed by atoms with Gasteiger partial charge in [-0.1, -0.05) is 0 Å². The molecule has 0 spiro atoms. The third-order valence-electron chi connectivity index (χ3n) is 0.617. The van der Waals surface area contributed by atoms with Crippen molar-refractivity contribution in [3.8, 4) is 0 Å². The monoisotopic (exact) mass is 292 g/mol. The van der Waals surface area contributed by atoms with Crippen LogP contribution in [0.4, 0.5) is 4.79 Å². The molecule has 1 rings (SSSR count). The van der Waals surface area contributed by atoms with Gasteiger partial charge in [0.05, 0.1) is 0 Å².